The molecular weight excluding hydrogens is 254 g/mol. The summed E-state index contributed by atoms with van der Waals surface area (Å²) in [4.78, 5) is 4.51. The lowest BCUT2D eigenvalue weighted by Crippen LogP contribution is -1.97. The fourth-order valence-electron chi connectivity index (χ4n) is 3.00. The minimum atomic E-state index is 0.902. The van der Waals surface area contributed by atoms with Crippen LogP contribution in [-0.2, 0) is 6.42 Å². The Morgan fingerprint density at radius 1 is 1.10 bits per heavy atom. The van der Waals surface area contributed by atoms with Crippen LogP contribution in [0.2, 0.25) is 0 Å². The molecule has 2 rings (SSSR count). The molecule has 1 aromatic heterocycles. The molecule has 0 bridgehead atoms. The number of benzene rings is 1. The monoisotopic (exact) mass is 279 g/mol. The van der Waals surface area contributed by atoms with E-state index in [0.29, 0.717) is 0 Å². The van der Waals surface area contributed by atoms with E-state index in [9.17, 15) is 0 Å². The molecule has 1 nitrogen and oxygen atoms in total. The van der Waals surface area contributed by atoms with Gasteiger partial charge in [-0.25, -0.2) is 0 Å². The molecule has 0 unspecified atom stereocenters. The van der Waals surface area contributed by atoms with Crippen molar-refractivity contribution in [2.45, 2.75) is 47.5 Å². The van der Waals surface area contributed by atoms with E-state index >= 15 is 0 Å². The van der Waals surface area contributed by atoms with Gasteiger partial charge in [0.2, 0.25) is 0 Å². The first-order valence-electron chi connectivity index (χ1n) is 7.70. The molecule has 0 aliphatic carbocycles. The Morgan fingerprint density at radius 3 is 2.29 bits per heavy atom. The molecule has 0 spiro atoms. The van der Waals surface area contributed by atoms with Gasteiger partial charge < -0.3 is 0 Å². The quantitative estimate of drug-likeness (QED) is 0.729. The summed E-state index contributed by atoms with van der Waals surface area (Å²) < 4.78 is 0. The van der Waals surface area contributed by atoms with Gasteiger partial charge in [0.15, 0.2) is 0 Å². The van der Waals surface area contributed by atoms with Gasteiger partial charge in [-0.15, -0.1) is 0 Å². The second-order valence-electron chi connectivity index (χ2n) is 5.90. The molecule has 1 heterocycles. The highest BCUT2D eigenvalue weighted by Crippen LogP contribution is 2.25. The molecular formula is C20H25N. The van der Waals surface area contributed by atoms with Crippen LogP contribution in [-0.4, -0.2) is 4.98 Å². The van der Waals surface area contributed by atoms with Gasteiger partial charge in [-0.2, -0.15) is 0 Å². The minimum absolute atomic E-state index is 0.902. The van der Waals surface area contributed by atoms with Crippen molar-refractivity contribution in [1.82, 2.24) is 4.98 Å². The van der Waals surface area contributed by atoms with E-state index in [1.807, 2.05) is 6.20 Å². The van der Waals surface area contributed by atoms with Gasteiger partial charge in [0.05, 0.1) is 0 Å². The number of hydrogen-bond donors (Lipinski definition) is 0. The molecule has 21 heavy (non-hydrogen) atoms. The predicted octanol–water partition coefficient (Wildman–Crippen LogP) is 5.41. The molecule has 1 aromatic carbocycles. The van der Waals surface area contributed by atoms with Crippen molar-refractivity contribution in [3.05, 3.63) is 70.0 Å². The summed E-state index contributed by atoms with van der Waals surface area (Å²) in [5.41, 5.74) is 9.19. The van der Waals surface area contributed by atoms with Gasteiger partial charge in [-0.3, -0.25) is 4.98 Å². The lowest BCUT2D eigenvalue weighted by molar-refractivity contribution is 1.05. The van der Waals surface area contributed by atoms with E-state index in [2.05, 4.69) is 69.9 Å². The average molecular weight is 279 g/mol. The van der Waals surface area contributed by atoms with Crippen LogP contribution in [0.3, 0.4) is 0 Å². The molecule has 0 N–H and O–H groups in total. The van der Waals surface area contributed by atoms with Gasteiger partial charge in [0, 0.05) is 18.3 Å². The van der Waals surface area contributed by atoms with E-state index in [4.69, 9.17) is 0 Å². The Kier molecular flexibility index (Phi) is 4.95. The number of aryl methyl sites for hydroxylation is 3. The van der Waals surface area contributed by atoms with Gasteiger partial charge in [-0.05, 0) is 73.6 Å². The molecule has 0 amide bonds. The first-order chi connectivity index (χ1) is 10.0. The first-order valence-corrected chi connectivity index (χ1v) is 7.70. The number of allylic oxidation sites excluding steroid dienone is 2. The molecule has 0 fully saturated rings. The Hall–Kier alpha value is -1.89. The average Bonchev–Trinajstić information content (AvgIpc) is 2.41. The van der Waals surface area contributed by atoms with Gasteiger partial charge in [-0.1, -0.05) is 31.2 Å². The molecule has 0 saturated carbocycles. The highest BCUT2D eigenvalue weighted by atomic mass is 14.7. The second-order valence-corrected chi connectivity index (χ2v) is 5.90. The molecule has 0 atom stereocenters. The van der Waals surface area contributed by atoms with Gasteiger partial charge in [0.1, 0.15) is 0 Å². The Morgan fingerprint density at radius 2 is 1.76 bits per heavy atom. The largest absolute Gasteiger partial charge is 0.261 e. The third-order valence-electron chi connectivity index (χ3n) is 3.85. The van der Waals surface area contributed by atoms with E-state index < -0.39 is 0 Å². The number of pyridine rings is 1. The zero-order chi connectivity index (χ0) is 15.4. The molecule has 0 aliphatic rings. The summed E-state index contributed by atoms with van der Waals surface area (Å²) in [6, 6.07) is 8.86. The Balaban J connectivity index is 2.31. The molecule has 0 aliphatic heterocycles. The molecule has 0 saturated heterocycles. The summed E-state index contributed by atoms with van der Waals surface area (Å²) in [6.45, 7) is 10.9. The van der Waals surface area contributed by atoms with Crippen LogP contribution in [0.5, 0.6) is 0 Å². The fourth-order valence-corrected chi connectivity index (χ4v) is 3.00. The van der Waals surface area contributed by atoms with Gasteiger partial charge in [0.25, 0.3) is 0 Å². The van der Waals surface area contributed by atoms with Crippen molar-refractivity contribution in [3.8, 4) is 0 Å². The zero-order valence-electron chi connectivity index (χ0n) is 13.8. The van der Waals surface area contributed by atoms with Crippen molar-refractivity contribution in [2.75, 3.05) is 0 Å². The maximum absolute atomic E-state index is 4.51. The van der Waals surface area contributed by atoms with Crippen LogP contribution in [0, 0.1) is 20.8 Å². The van der Waals surface area contributed by atoms with Crippen LogP contribution in [0.1, 0.15) is 53.8 Å². The maximum atomic E-state index is 4.51. The lowest BCUT2D eigenvalue weighted by Gasteiger charge is -2.13. The molecule has 110 valence electrons. The van der Waals surface area contributed by atoms with Crippen LogP contribution >= 0.6 is 0 Å². The third kappa shape index (κ3) is 3.81. The second kappa shape index (κ2) is 6.71. The number of aromatic nitrogens is 1. The zero-order valence-corrected chi connectivity index (χ0v) is 13.8. The number of hydrogen-bond acceptors (Lipinski definition) is 1. The van der Waals surface area contributed by atoms with Crippen molar-refractivity contribution in [2.24, 2.45) is 0 Å². The van der Waals surface area contributed by atoms with Crippen LogP contribution in [0.15, 0.2) is 36.5 Å². The predicted molar refractivity (Wildman–Crippen MR) is 91.6 cm³/mol. The van der Waals surface area contributed by atoms with E-state index in [0.717, 1.165) is 18.5 Å². The summed E-state index contributed by atoms with van der Waals surface area (Å²) in [7, 11) is 0. The number of nitrogens with zero attached hydrogens (tertiary/aromatic N) is 1. The van der Waals surface area contributed by atoms with E-state index in [1.165, 1.54) is 33.4 Å². The molecule has 1 heteroatoms. The van der Waals surface area contributed by atoms with Crippen LogP contribution in [0.4, 0.5) is 0 Å². The van der Waals surface area contributed by atoms with Gasteiger partial charge >= 0.3 is 0 Å². The van der Waals surface area contributed by atoms with Crippen molar-refractivity contribution < 1.29 is 0 Å². The summed E-state index contributed by atoms with van der Waals surface area (Å²) in [5, 5.41) is 0. The lowest BCUT2D eigenvalue weighted by atomic mass is 9.92. The van der Waals surface area contributed by atoms with E-state index in [1.54, 1.807) is 0 Å². The highest BCUT2D eigenvalue weighted by molar-refractivity contribution is 5.69. The SMILES string of the molecule is CC/C=C(\C)c1c(C)cc(Cc2ccc(C)cn2)cc1C. The van der Waals surface area contributed by atoms with Crippen molar-refractivity contribution in [3.63, 3.8) is 0 Å². The van der Waals surface area contributed by atoms with Crippen molar-refractivity contribution >= 4 is 5.57 Å². The fraction of sp³-hybridized carbons (Fsp3) is 0.350. The minimum Gasteiger partial charge on any atom is -0.261 e. The maximum Gasteiger partial charge on any atom is 0.0447 e. The Labute approximate surface area is 128 Å². The number of rotatable bonds is 4. The summed E-state index contributed by atoms with van der Waals surface area (Å²) >= 11 is 0. The van der Waals surface area contributed by atoms with E-state index in [-0.39, 0.29) is 0 Å². The standard InChI is InChI=1S/C20H25N/c1-6-7-15(3)20-16(4)10-18(11-17(20)5)12-19-9-8-14(2)13-21-19/h7-11,13H,6,12H2,1-5H3/b15-7+. The molecule has 0 radical (unpaired) electrons. The normalized spacial score (nSPS) is 11.8. The first kappa shape index (κ1) is 15.5. The van der Waals surface area contributed by atoms with Crippen LogP contribution < -0.4 is 0 Å². The molecule has 2 aromatic rings. The highest BCUT2D eigenvalue weighted by Gasteiger charge is 2.07. The van der Waals surface area contributed by atoms with Crippen LogP contribution in [0.25, 0.3) is 5.57 Å². The Bertz CT molecular complexity index is 625. The third-order valence-corrected chi connectivity index (χ3v) is 3.85. The summed E-state index contributed by atoms with van der Waals surface area (Å²) in [5.74, 6) is 0. The summed E-state index contributed by atoms with van der Waals surface area (Å²) in [6.07, 6.45) is 6.23. The smallest absolute Gasteiger partial charge is 0.0447 e. The van der Waals surface area contributed by atoms with Crippen molar-refractivity contribution in [1.29, 1.82) is 0 Å². The topological polar surface area (TPSA) is 12.9 Å².